The van der Waals surface area contributed by atoms with Crippen molar-refractivity contribution in [2.75, 3.05) is 13.7 Å². The second-order valence-corrected chi connectivity index (χ2v) is 8.91. The number of nitrogens with zero attached hydrogens (tertiary/aromatic N) is 3. The molecule has 0 fully saturated rings. The second-order valence-electron chi connectivity index (χ2n) is 6.99. The van der Waals surface area contributed by atoms with Gasteiger partial charge < -0.3 is 13.9 Å². The maximum absolute atomic E-state index is 13.2. The Bertz CT molecular complexity index is 1490. The monoisotopic (exact) mass is 541 g/mol. The largest absolute Gasteiger partial charge is 0.497 e. The number of carbonyl (C=O) groups excluding carboxylic acids is 1. The average Bonchev–Trinajstić information content (AvgIpc) is 3.41. The third kappa shape index (κ3) is 5.35. The Hall–Kier alpha value is -3.50. The van der Waals surface area contributed by atoms with Crippen molar-refractivity contribution in [2.24, 2.45) is 0 Å². The molecule has 0 aliphatic heterocycles. The fourth-order valence-electron chi connectivity index (χ4n) is 3.13. The number of hydrogen-bond acceptors (Lipinski definition) is 8. The van der Waals surface area contributed by atoms with Gasteiger partial charge in [-0.15, -0.1) is 21.5 Å². The molecule has 4 aromatic rings. The van der Waals surface area contributed by atoms with Crippen molar-refractivity contribution in [3.63, 3.8) is 0 Å². The van der Waals surface area contributed by atoms with Crippen molar-refractivity contribution in [3.8, 4) is 17.2 Å². The topological polar surface area (TPSA) is 96.5 Å². The Kier molecular flexibility index (Phi) is 7.39. The molecule has 2 heterocycles. The van der Waals surface area contributed by atoms with E-state index < -0.39 is 5.97 Å². The molecule has 0 saturated carbocycles. The van der Waals surface area contributed by atoms with Crippen molar-refractivity contribution in [2.45, 2.75) is 13.5 Å². The van der Waals surface area contributed by atoms with Crippen LogP contribution in [0.2, 0.25) is 0 Å². The van der Waals surface area contributed by atoms with Gasteiger partial charge in [-0.25, -0.2) is 4.79 Å². The van der Waals surface area contributed by atoms with E-state index in [0.29, 0.717) is 20.8 Å². The smallest absolute Gasteiger partial charge is 0.333 e. The van der Waals surface area contributed by atoms with Gasteiger partial charge in [0, 0.05) is 4.47 Å². The number of aromatic nitrogens is 3. The minimum atomic E-state index is -0.534. The summed E-state index contributed by atoms with van der Waals surface area (Å²) in [4.78, 5) is 25.4. The lowest BCUT2D eigenvalue weighted by Gasteiger charge is -1.99. The van der Waals surface area contributed by atoms with Crippen LogP contribution in [0.5, 0.6) is 5.75 Å². The number of ether oxygens (including phenoxy) is 2. The number of carbonyl (C=O) groups is 1. The van der Waals surface area contributed by atoms with Crippen molar-refractivity contribution in [1.82, 2.24) is 14.8 Å². The van der Waals surface area contributed by atoms with Gasteiger partial charge in [-0.3, -0.25) is 9.36 Å². The summed E-state index contributed by atoms with van der Waals surface area (Å²) < 4.78 is 19.1. The summed E-state index contributed by atoms with van der Waals surface area (Å²) in [5.41, 5.74) is 1.28. The average molecular weight is 542 g/mol. The summed E-state index contributed by atoms with van der Waals surface area (Å²) in [5.74, 6) is 0.745. The molecule has 2 aromatic carbocycles. The molecule has 4 rings (SSSR count). The zero-order valence-electron chi connectivity index (χ0n) is 18.4. The summed E-state index contributed by atoms with van der Waals surface area (Å²) >= 11 is 4.65. The van der Waals surface area contributed by atoms with E-state index in [0.717, 1.165) is 15.6 Å². The maximum atomic E-state index is 13.2. The minimum Gasteiger partial charge on any atom is -0.497 e. The van der Waals surface area contributed by atoms with Crippen LogP contribution in [0.3, 0.4) is 0 Å². The van der Waals surface area contributed by atoms with Crippen LogP contribution in [0, 0.1) is 0 Å². The lowest BCUT2D eigenvalue weighted by molar-refractivity contribution is -0.135. The van der Waals surface area contributed by atoms with Gasteiger partial charge in [0.05, 0.1) is 29.9 Å². The highest BCUT2D eigenvalue weighted by atomic mass is 79.9. The van der Waals surface area contributed by atoms with Gasteiger partial charge in [-0.2, -0.15) is 0 Å². The molecule has 0 unspecified atom stereocenters. The van der Waals surface area contributed by atoms with Crippen molar-refractivity contribution >= 4 is 45.4 Å². The Balaban J connectivity index is 1.75. The highest BCUT2D eigenvalue weighted by Crippen LogP contribution is 2.26. The standard InChI is InChI=1S/C24H20BrN3O5S/c1-3-32-22(29)13-21-28(14-20-26-27-23(33-20)17-6-4-5-7-18(17)25)24(30)19(34-21)12-15-8-10-16(31-2)11-9-15/h4-13H,3,14H2,1-2H3. The molecular formula is C24H20BrN3O5S. The Labute approximate surface area is 206 Å². The van der Waals surface area contributed by atoms with E-state index in [1.54, 1.807) is 20.1 Å². The molecule has 2 aromatic heterocycles. The first-order valence-corrected chi connectivity index (χ1v) is 11.9. The predicted molar refractivity (Wildman–Crippen MR) is 132 cm³/mol. The molecule has 0 saturated heterocycles. The fraction of sp³-hybridized carbons (Fsp3) is 0.167. The van der Waals surface area contributed by atoms with E-state index in [2.05, 4.69) is 26.1 Å². The number of benzene rings is 2. The summed E-state index contributed by atoms with van der Waals surface area (Å²) in [6.45, 7) is 1.96. The third-order valence-corrected chi connectivity index (χ3v) is 6.49. The van der Waals surface area contributed by atoms with E-state index in [-0.39, 0.29) is 24.6 Å². The number of esters is 1. The first-order chi connectivity index (χ1) is 16.5. The number of hydrogen-bond donors (Lipinski definition) is 0. The molecule has 0 aliphatic rings. The Morgan fingerprint density at radius 3 is 2.65 bits per heavy atom. The van der Waals surface area contributed by atoms with Crippen LogP contribution in [0.15, 0.2) is 62.2 Å². The quantitative estimate of drug-likeness (QED) is 0.332. The van der Waals surface area contributed by atoms with E-state index in [9.17, 15) is 9.59 Å². The number of halogens is 1. The van der Waals surface area contributed by atoms with Gasteiger partial charge >= 0.3 is 5.97 Å². The van der Waals surface area contributed by atoms with Crippen LogP contribution in [-0.2, 0) is 16.1 Å². The molecule has 0 bridgehead atoms. The first-order valence-electron chi connectivity index (χ1n) is 10.3. The van der Waals surface area contributed by atoms with Crippen molar-refractivity contribution < 1.29 is 18.7 Å². The van der Waals surface area contributed by atoms with Crippen LogP contribution in [0.4, 0.5) is 0 Å². The summed E-state index contributed by atoms with van der Waals surface area (Å²) in [6, 6.07) is 14.8. The van der Waals surface area contributed by atoms with Gasteiger partial charge in [0.15, 0.2) is 0 Å². The number of rotatable bonds is 7. The number of methoxy groups -OCH3 is 1. The van der Waals surface area contributed by atoms with E-state index in [1.807, 2.05) is 48.5 Å². The first kappa shape index (κ1) is 23.7. The van der Waals surface area contributed by atoms with Crippen LogP contribution in [0.25, 0.3) is 23.6 Å². The molecule has 34 heavy (non-hydrogen) atoms. The normalized spacial score (nSPS) is 12.2. The van der Waals surface area contributed by atoms with E-state index in [1.165, 1.54) is 22.0 Å². The highest BCUT2D eigenvalue weighted by Gasteiger charge is 2.14. The molecular weight excluding hydrogens is 522 g/mol. The van der Waals surface area contributed by atoms with Crippen LogP contribution in [-0.4, -0.2) is 34.5 Å². The van der Waals surface area contributed by atoms with Gasteiger partial charge in [0.1, 0.15) is 17.0 Å². The van der Waals surface area contributed by atoms with E-state index >= 15 is 0 Å². The molecule has 0 amide bonds. The minimum absolute atomic E-state index is 0.00841. The highest BCUT2D eigenvalue weighted by molar-refractivity contribution is 9.10. The van der Waals surface area contributed by atoms with Crippen molar-refractivity contribution in [3.05, 3.63) is 84.0 Å². The van der Waals surface area contributed by atoms with Crippen LogP contribution < -0.4 is 19.5 Å². The lowest BCUT2D eigenvalue weighted by atomic mass is 10.2. The molecule has 10 heteroatoms. The van der Waals surface area contributed by atoms with Gasteiger partial charge in [-0.05, 0) is 58.8 Å². The summed E-state index contributed by atoms with van der Waals surface area (Å²) in [5, 5.41) is 8.20. The Morgan fingerprint density at radius 2 is 1.94 bits per heavy atom. The zero-order valence-corrected chi connectivity index (χ0v) is 20.8. The van der Waals surface area contributed by atoms with Gasteiger partial charge in [-0.1, -0.05) is 24.3 Å². The molecule has 0 atom stereocenters. The molecule has 0 spiro atoms. The Morgan fingerprint density at radius 1 is 1.18 bits per heavy atom. The summed E-state index contributed by atoms with van der Waals surface area (Å²) in [7, 11) is 1.59. The third-order valence-electron chi connectivity index (χ3n) is 4.74. The van der Waals surface area contributed by atoms with Gasteiger partial charge in [0.2, 0.25) is 11.8 Å². The molecule has 174 valence electrons. The van der Waals surface area contributed by atoms with Crippen LogP contribution >= 0.6 is 27.3 Å². The van der Waals surface area contributed by atoms with Crippen molar-refractivity contribution in [1.29, 1.82) is 0 Å². The molecule has 0 N–H and O–H groups in total. The van der Waals surface area contributed by atoms with Crippen LogP contribution in [0.1, 0.15) is 18.4 Å². The number of thiazole rings is 1. The molecule has 8 nitrogen and oxygen atoms in total. The molecule has 0 radical (unpaired) electrons. The second kappa shape index (κ2) is 10.6. The molecule has 0 aliphatic carbocycles. The predicted octanol–water partition coefficient (Wildman–Crippen LogP) is 2.95. The van der Waals surface area contributed by atoms with Gasteiger partial charge in [0.25, 0.3) is 5.56 Å². The lowest BCUT2D eigenvalue weighted by Crippen LogP contribution is -2.32. The maximum Gasteiger partial charge on any atom is 0.333 e. The SMILES string of the molecule is CCOC(=O)C=c1sc(=Cc2ccc(OC)cc2)c(=O)n1Cc1nnc(-c2ccccc2Br)o1. The zero-order chi connectivity index (χ0) is 24.1. The fourth-order valence-corrected chi connectivity index (χ4v) is 4.61. The summed E-state index contributed by atoms with van der Waals surface area (Å²) in [6.07, 6.45) is 3.05. The van der Waals surface area contributed by atoms with E-state index in [4.69, 9.17) is 13.9 Å².